The highest BCUT2D eigenvalue weighted by atomic mass is 128. The van der Waals surface area contributed by atoms with E-state index in [9.17, 15) is 39.2 Å². The third-order valence-corrected chi connectivity index (χ3v) is 21.7. The first-order chi connectivity index (χ1) is 49.2. The SMILES string of the molecule is II.[C-]#[N+]c1ccc2c(c1)[C@@H](N1CCCC1=O)[C@H](OCCOCCOP(=O)(O)O[C@H]1[C@H](N3CCCC3=O)c3cc(C#N)ccc3OC1(C)C)C(C)(C)O2.[C-]#[N+]c1ccc2c(c1)[C@@H](N1CCCC1=O)[C@H](OCCOCCOP(Cl)O[C@H]1[C@H](N3CCCC3=O)c3cc(C#N)ccc3OC1(C)C)C(C)(C)O2. The molecule has 4 fully saturated rings. The molecule has 2 unspecified atom stereocenters. The largest absolute Gasteiger partial charge is 0.485 e. The Kier molecular flexibility index (Phi) is 26.4. The molecule has 103 heavy (non-hydrogen) atoms. The van der Waals surface area contributed by atoms with Crippen molar-refractivity contribution in [2.45, 2.75) is 178 Å². The third kappa shape index (κ3) is 18.2. The molecule has 12 rings (SSSR count). The molecule has 8 aliphatic heterocycles. The number of phosphoric ester groups is 1. The van der Waals surface area contributed by atoms with E-state index in [-0.39, 0.29) is 76.5 Å². The summed E-state index contributed by atoms with van der Waals surface area (Å²) >= 11 is 10.9. The summed E-state index contributed by atoms with van der Waals surface area (Å²) in [5.74, 6) is 2.31. The van der Waals surface area contributed by atoms with Crippen LogP contribution in [0.1, 0.15) is 164 Å². The summed E-state index contributed by atoms with van der Waals surface area (Å²) < 4.78 is 85.9. The van der Waals surface area contributed by atoms with Crippen molar-refractivity contribution in [1.29, 1.82) is 10.5 Å². The maximum Gasteiger partial charge on any atom is 0.472 e. The summed E-state index contributed by atoms with van der Waals surface area (Å²) in [6.07, 6.45) is 1.78. The van der Waals surface area contributed by atoms with Crippen LogP contribution in [0.5, 0.6) is 23.0 Å². The zero-order valence-electron chi connectivity index (χ0n) is 58.7. The first-order valence-electron chi connectivity index (χ1n) is 34.2. The van der Waals surface area contributed by atoms with Crippen molar-refractivity contribution in [3.8, 4) is 35.1 Å². The number of hydrogen-bond acceptors (Lipinski definition) is 19. The number of benzene rings is 4. The van der Waals surface area contributed by atoms with E-state index in [4.69, 9.17) is 80.4 Å². The Morgan fingerprint density at radius 1 is 0.524 bits per heavy atom. The number of rotatable bonds is 24. The van der Waals surface area contributed by atoms with Gasteiger partial charge in [-0.1, -0.05) is 12.1 Å². The first-order valence-corrected chi connectivity index (χ1v) is 44.0. The number of phosphoric acid groups is 1. The highest BCUT2D eigenvalue weighted by molar-refractivity contribution is 15.0. The molecule has 0 aliphatic carbocycles. The Hall–Kier alpha value is -6.03. The van der Waals surface area contributed by atoms with Crippen LogP contribution in [0, 0.1) is 35.8 Å². The van der Waals surface area contributed by atoms with Crippen LogP contribution in [0.15, 0.2) is 72.8 Å². The molecular formula is C72H85ClI2N8O18P2. The van der Waals surface area contributed by atoms with Gasteiger partial charge in [-0.3, -0.25) is 28.2 Å². The Bertz CT molecular complexity index is 4010. The van der Waals surface area contributed by atoms with E-state index in [1.807, 2.05) is 46.4 Å². The van der Waals surface area contributed by atoms with Gasteiger partial charge >= 0.3 is 7.82 Å². The van der Waals surface area contributed by atoms with Gasteiger partial charge in [0, 0.05) is 111 Å². The fraction of sp³-hybridized carbons (Fsp3) is 0.556. The maximum absolute atomic E-state index is 13.3. The van der Waals surface area contributed by atoms with Crippen molar-refractivity contribution in [2.75, 3.05) is 79.0 Å². The van der Waals surface area contributed by atoms with Crippen LogP contribution in [0.2, 0.25) is 0 Å². The molecule has 31 heteroatoms. The van der Waals surface area contributed by atoms with Gasteiger partial charge in [-0.05, 0) is 153 Å². The number of fused-ring (bicyclic) bond motifs is 4. The summed E-state index contributed by atoms with van der Waals surface area (Å²) in [5, 5.41) is 19.1. The van der Waals surface area contributed by atoms with E-state index in [0.717, 1.165) is 30.4 Å². The zero-order chi connectivity index (χ0) is 74.2. The topological polar surface area (TPSA) is 286 Å². The number of hydrogen-bond donors (Lipinski definition) is 1. The van der Waals surface area contributed by atoms with Crippen molar-refractivity contribution >= 4 is 99.0 Å². The number of amides is 4. The molecule has 0 aromatic heterocycles. The van der Waals surface area contributed by atoms with Gasteiger partial charge in [0.2, 0.25) is 23.6 Å². The molecule has 10 atom stereocenters. The average molecular weight is 1700 g/mol. The molecule has 4 amide bonds. The number of likely N-dealkylation sites (tertiary alicyclic amines) is 4. The summed E-state index contributed by atoms with van der Waals surface area (Å²) in [6, 6.07) is 22.8. The van der Waals surface area contributed by atoms with E-state index in [0.29, 0.717) is 115 Å². The minimum Gasteiger partial charge on any atom is -0.485 e. The van der Waals surface area contributed by atoms with Gasteiger partial charge in [0.25, 0.3) is 7.73 Å². The Balaban J connectivity index is 0.000000216. The number of nitrogens with zero attached hydrogens (tertiary/aromatic N) is 8. The van der Waals surface area contributed by atoms with Gasteiger partial charge in [0.15, 0.2) is 11.4 Å². The molecule has 4 aromatic rings. The summed E-state index contributed by atoms with van der Waals surface area (Å²) in [7, 11) is -6.60. The molecular weight excluding hydrogens is 1620 g/mol. The standard InChI is InChI=1S/C36H42ClN4O8P.C36H43N4O10P.I2/c1-35(2)33(31(40-14-6-8-29(40)42)26-21-24(39-5)11-13-28(26)47-35)45-18-16-44-17-19-46-50(37)49-34-32(41-15-7-9-30(41)43)25-20-23(22-38)10-12-27(25)48-36(34,3)4;1-35(2)33(31(39-14-6-8-29(39)41)26-21-24(38-5)11-13-28(26)48-35)46-18-16-45-17-19-47-51(43,44)50-34-32(40-15-7-9-30(40)42)25-20-23(22-37)10-12-27(25)49-36(34,3)4;1-2/h10-13,20-21,31-34H,6-9,14-19H2,1-4H3;10-13,20-21,31-34H,6-9,14-19H2,1-4H3,(H,43,44);/t31-,32-,33+,34+,50?;31-,32-,33+,34+;/m11./s1. The summed E-state index contributed by atoms with van der Waals surface area (Å²) in [5.41, 5.74) is 0.930. The Labute approximate surface area is 630 Å². The molecule has 1 N–H and O–H groups in total. The fourth-order valence-electron chi connectivity index (χ4n) is 14.8. The van der Waals surface area contributed by atoms with E-state index in [1.54, 1.807) is 101 Å². The lowest BCUT2D eigenvalue weighted by Crippen LogP contribution is -2.55. The number of nitriles is 2. The van der Waals surface area contributed by atoms with Crippen LogP contribution in [-0.2, 0) is 60.8 Å². The molecule has 0 saturated carbocycles. The van der Waals surface area contributed by atoms with Crippen molar-refractivity contribution in [3.05, 3.63) is 129 Å². The third-order valence-electron chi connectivity index (χ3n) is 19.4. The zero-order valence-corrected chi connectivity index (χ0v) is 65.5. The number of carbonyl (C=O) groups excluding carboxylic acids is 4. The quantitative estimate of drug-likeness (QED) is 0.0295. The number of halogens is 3. The van der Waals surface area contributed by atoms with Crippen LogP contribution in [0.3, 0.4) is 0 Å². The van der Waals surface area contributed by atoms with Crippen molar-refractivity contribution in [1.82, 2.24) is 19.6 Å². The molecule has 0 spiro atoms. The van der Waals surface area contributed by atoms with Gasteiger partial charge < -0.3 is 71.4 Å². The highest BCUT2D eigenvalue weighted by Crippen LogP contribution is 2.57. The van der Waals surface area contributed by atoms with Gasteiger partial charge in [0.05, 0.1) is 113 Å². The highest BCUT2D eigenvalue weighted by Gasteiger charge is 2.55. The monoisotopic (exact) mass is 1700 g/mol. The van der Waals surface area contributed by atoms with Crippen LogP contribution < -0.4 is 18.9 Å². The van der Waals surface area contributed by atoms with Gasteiger partial charge in [-0.15, -0.1) is 0 Å². The number of carbonyl (C=O) groups is 4. The molecule has 0 radical (unpaired) electrons. The van der Waals surface area contributed by atoms with E-state index in [2.05, 4.69) is 59.1 Å². The lowest BCUT2D eigenvalue weighted by molar-refractivity contribution is -0.152. The molecule has 8 heterocycles. The lowest BCUT2D eigenvalue weighted by Gasteiger charge is -2.47. The van der Waals surface area contributed by atoms with Crippen LogP contribution >= 0.6 is 64.0 Å². The maximum atomic E-state index is 13.3. The van der Waals surface area contributed by atoms with Crippen LogP contribution in [-0.4, -0.2) is 174 Å². The van der Waals surface area contributed by atoms with Crippen LogP contribution in [0.4, 0.5) is 11.4 Å². The summed E-state index contributed by atoms with van der Waals surface area (Å²) in [4.78, 5) is 76.7. The van der Waals surface area contributed by atoms with Crippen molar-refractivity contribution < 1.29 is 84.6 Å². The molecule has 552 valence electrons. The molecule has 4 aromatic carbocycles. The second-order valence-electron chi connectivity index (χ2n) is 28.0. The normalized spacial score (nSPS) is 25.3. The van der Waals surface area contributed by atoms with E-state index < -0.39 is 86.5 Å². The van der Waals surface area contributed by atoms with Crippen molar-refractivity contribution in [2.24, 2.45) is 0 Å². The lowest BCUT2D eigenvalue weighted by atomic mass is 9.85. The smallest absolute Gasteiger partial charge is 0.472 e. The fourth-order valence-corrected chi connectivity index (χ4v) is 17.1. The molecule has 4 saturated heterocycles. The minimum absolute atomic E-state index is 0.0175. The number of ether oxygens (including phenoxy) is 8. The Morgan fingerprint density at radius 2 is 0.854 bits per heavy atom. The molecule has 0 bridgehead atoms. The second-order valence-corrected chi connectivity index (χ2v) is 31.1. The van der Waals surface area contributed by atoms with E-state index >= 15 is 0 Å². The second kappa shape index (κ2) is 34.3. The Morgan fingerprint density at radius 3 is 1.22 bits per heavy atom. The van der Waals surface area contributed by atoms with Crippen molar-refractivity contribution in [3.63, 3.8) is 0 Å². The summed E-state index contributed by atoms with van der Waals surface area (Å²) in [6.45, 7) is 32.8. The predicted octanol–water partition coefficient (Wildman–Crippen LogP) is 13.9. The van der Waals surface area contributed by atoms with Gasteiger partial charge in [-0.2, -0.15) is 10.5 Å². The average Bonchev–Trinajstić information content (AvgIpc) is 1.75. The van der Waals surface area contributed by atoms with Gasteiger partial charge in [-0.25, -0.2) is 14.3 Å². The molecule has 8 aliphatic rings. The van der Waals surface area contributed by atoms with Gasteiger partial charge in [0.1, 0.15) is 69.8 Å². The minimum atomic E-state index is -4.70. The van der Waals surface area contributed by atoms with E-state index in [1.165, 1.54) is 0 Å². The predicted molar refractivity (Wildman–Crippen MR) is 395 cm³/mol. The first kappa shape index (κ1) is 79.5. The molecule has 26 nitrogen and oxygen atoms in total. The van der Waals surface area contributed by atoms with Crippen LogP contribution in [0.25, 0.3) is 9.69 Å².